The molecule has 5 rings (SSSR count). The lowest BCUT2D eigenvalue weighted by Crippen LogP contribution is -2.23. The van der Waals surface area contributed by atoms with Gasteiger partial charge in [-0.2, -0.15) is 5.26 Å². The minimum atomic E-state index is -0.371. The third-order valence-corrected chi connectivity index (χ3v) is 6.06. The molecular weight excluding hydrogens is 465 g/mol. The van der Waals surface area contributed by atoms with E-state index in [1.54, 1.807) is 36.7 Å². The van der Waals surface area contributed by atoms with Gasteiger partial charge >= 0.3 is 0 Å². The molecule has 37 heavy (non-hydrogen) atoms. The second kappa shape index (κ2) is 11.0. The van der Waals surface area contributed by atoms with Crippen LogP contribution in [-0.2, 0) is 13.0 Å². The van der Waals surface area contributed by atoms with Crippen LogP contribution >= 0.6 is 0 Å². The molecule has 0 aliphatic heterocycles. The topological polar surface area (TPSA) is 94.5 Å². The van der Waals surface area contributed by atoms with Crippen molar-refractivity contribution in [3.05, 3.63) is 106 Å². The number of fused-ring (bicyclic) bond motifs is 2. The number of carbonyl (C=O) groups excluding carboxylic acids is 1. The molecule has 0 saturated carbocycles. The minimum absolute atomic E-state index is 0.0748. The Kier molecular flexibility index (Phi) is 7.59. The molecular formula is C30H28FN5O. The monoisotopic (exact) mass is 493 g/mol. The van der Waals surface area contributed by atoms with Crippen molar-refractivity contribution >= 4 is 27.7 Å². The summed E-state index contributed by atoms with van der Waals surface area (Å²) in [5, 5.41) is 14.2. The number of hydrogen-bond donors (Lipinski definition) is 2. The van der Waals surface area contributed by atoms with E-state index in [9.17, 15) is 14.4 Å². The Labute approximate surface area is 215 Å². The molecule has 2 N–H and O–H groups in total. The number of aromatic amines is 1. The predicted molar refractivity (Wildman–Crippen MR) is 144 cm³/mol. The zero-order valence-electron chi connectivity index (χ0n) is 21.3. The van der Waals surface area contributed by atoms with Crippen LogP contribution in [0.4, 0.5) is 4.39 Å². The Morgan fingerprint density at radius 3 is 2.70 bits per heavy atom. The first kappa shape index (κ1) is 25.5. The summed E-state index contributed by atoms with van der Waals surface area (Å²) in [6, 6.07) is 14.6. The molecule has 0 aliphatic rings. The lowest BCUT2D eigenvalue weighted by Gasteiger charge is -2.09. The molecule has 0 unspecified atom stereocenters. The summed E-state index contributed by atoms with van der Waals surface area (Å²) in [7, 11) is 0. The average molecular weight is 494 g/mol. The van der Waals surface area contributed by atoms with Gasteiger partial charge in [-0.15, -0.1) is 0 Å². The van der Waals surface area contributed by atoms with Gasteiger partial charge in [0.05, 0.1) is 11.1 Å². The van der Waals surface area contributed by atoms with Gasteiger partial charge in [0, 0.05) is 64.7 Å². The maximum atomic E-state index is 14.5. The highest BCUT2D eigenvalue weighted by molar-refractivity contribution is 5.94. The summed E-state index contributed by atoms with van der Waals surface area (Å²) in [5.41, 5.74) is 6.39. The first-order valence-electron chi connectivity index (χ1n) is 12.2. The van der Waals surface area contributed by atoms with Crippen molar-refractivity contribution < 1.29 is 9.18 Å². The molecule has 186 valence electrons. The van der Waals surface area contributed by atoms with E-state index in [0.29, 0.717) is 34.3 Å². The van der Waals surface area contributed by atoms with Crippen LogP contribution in [0.5, 0.6) is 0 Å². The standard InChI is InChI=1S/C28H22FN5O.C2H6/c1-16-5-20-6-18(7-21(12-30)27(20)33-13-16)8-23-9-19(3-4-31-23)28(35)34-15-22-10-24-17(2)14-32-26(24)11-25(22)29;1-2/h3-7,9-11,13-14,32H,8,15H2,1-2H3,(H,34,35);1-2H3. The molecule has 7 heteroatoms. The van der Waals surface area contributed by atoms with Gasteiger partial charge < -0.3 is 10.3 Å². The van der Waals surface area contributed by atoms with E-state index in [2.05, 4.69) is 26.3 Å². The highest BCUT2D eigenvalue weighted by atomic mass is 19.1. The number of pyridine rings is 2. The number of nitrogens with zero attached hydrogens (tertiary/aromatic N) is 3. The Bertz CT molecular complexity index is 1650. The van der Waals surface area contributed by atoms with Crippen molar-refractivity contribution in [2.45, 2.75) is 40.7 Å². The van der Waals surface area contributed by atoms with Crippen LogP contribution in [0.2, 0.25) is 0 Å². The highest BCUT2D eigenvalue weighted by Gasteiger charge is 2.12. The molecule has 0 atom stereocenters. The molecule has 6 nitrogen and oxygen atoms in total. The Hall–Kier alpha value is -4.57. The van der Waals surface area contributed by atoms with Crippen molar-refractivity contribution in [3.8, 4) is 6.07 Å². The van der Waals surface area contributed by atoms with E-state index in [-0.39, 0.29) is 18.3 Å². The third-order valence-electron chi connectivity index (χ3n) is 6.06. The molecule has 0 aliphatic carbocycles. The molecule has 0 radical (unpaired) electrons. The van der Waals surface area contributed by atoms with Crippen LogP contribution in [0.15, 0.2) is 61.1 Å². The highest BCUT2D eigenvalue weighted by Crippen LogP contribution is 2.23. The summed E-state index contributed by atoms with van der Waals surface area (Å²) in [5.74, 6) is -0.681. The Morgan fingerprint density at radius 2 is 1.92 bits per heavy atom. The number of halogens is 1. The lowest BCUT2D eigenvalue weighted by molar-refractivity contribution is 0.0950. The third kappa shape index (κ3) is 5.49. The molecule has 2 aromatic carbocycles. The minimum Gasteiger partial charge on any atom is -0.361 e. The molecule has 0 fully saturated rings. The van der Waals surface area contributed by atoms with Crippen molar-refractivity contribution in [1.82, 2.24) is 20.3 Å². The number of H-pyrrole nitrogens is 1. The fourth-order valence-corrected chi connectivity index (χ4v) is 4.28. The maximum absolute atomic E-state index is 14.5. The quantitative estimate of drug-likeness (QED) is 0.301. The summed E-state index contributed by atoms with van der Waals surface area (Å²) in [6.07, 6.45) is 5.61. The van der Waals surface area contributed by atoms with Gasteiger partial charge in [0.15, 0.2) is 0 Å². The number of aryl methyl sites for hydroxylation is 2. The van der Waals surface area contributed by atoms with E-state index >= 15 is 0 Å². The summed E-state index contributed by atoms with van der Waals surface area (Å²) < 4.78 is 14.5. The van der Waals surface area contributed by atoms with Crippen molar-refractivity contribution in [2.24, 2.45) is 0 Å². The first-order valence-corrected chi connectivity index (χ1v) is 12.2. The predicted octanol–water partition coefficient (Wildman–Crippen LogP) is 6.29. The van der Waals surface area contributed by atoms with E-state index < -0.39 is 0 Å². The number of carbonyl (C=O) groups is 1. The van der Waals surface area contributed by atoms with Crippen LogP contribution in [0, 0.1) is 31.0 Å². The molecule has 0 spiro atoms. The smallest absolute Gasteiger partial charge is 0.251 e. The second-order valence-corrected chi connectivity index (χ2v) is 8.70. The van der Waals surface area contributed by atoms with Crippen LogP contribution in [0.1, 0.15) is 57.7 Å². The van der Waals surface area contributed by atoms with Crippen molar-refractivity contribution in [1.29, 1.82) is 5.26 Å². The van der Waals surface area contributed by atoms with E-state index in [4.69, 9.17) is 0 Å². The van der Waals surface area contributed by atoms with Gasteiger partial charge in [-0.25, -0.2) is 4.39 Å². The van der Waals surface area contributed by atoms with Gasteiger partial charge in [0.2, 0.25) is 0 Å². The van der Waals surface area contributed by atoms with Crippen LogP contribution < -0.4 is 5.32 Å². The number of hydrogen-bond acceptors (Lipinski definition) is 4. The van der Waals surface area contributed by atoms with Gasteiger partial charge in [-0.05, 0) is 73.0 Å². The number of benzene rings is 2. The fraction of sp³-hybridized carbons (Fsp3) is 0.200. The average Bonchev–Trinajstić information content (AvgIpc) is 3.26. The molecule has 1 amide bonds. The van der Waals surface area contributed by atoms with E-state index in [1.807, 2.05) is 46.0 Å². The zero-order chi connectivity index (χ0) is 26.5. The summed E-state index contributed by atoms with van der Waals surface area (Å²) in [6.45, 7) is 7.98. The van der Waals surface area contributed by atoms with E-state index in [0.717, 1.165) is 33.0 Å². The van der Waals surface area contributed by atoms with Crippen LogP contribution in [0.3, 0.4) is 0 Å². The number of nitrogens with one attached hydrogen (secondary N) is 2. The second-order valence-electron chi connectivity index (χ2n) is 8.70. The number of aromatic nitrogens is 3. The summed E-state index contributed by atoms with van der Waals surface area (Å²) in [4.78, 5) is 24.6. The largest absolute Gasteiger partial charge is 0.361 e. The van der Waals surface area contributed by atoms with E-state index in [1.165, 1.54) is 6.07 Å². The van der Waals surface area contributed by atoms with Crippen molar-refractivity contribution in [2.75, 3.05) is 0 Å². The fourth-order valence-electron chi connectivity index (χ4n) is 4.28. The first-order chi connectivity index (χ1) is 17.9. The molecule has 5 aromatic rings. The van der Waals surface area contributed by atoms with Crippen LogP contribution in [-0.4, -0.2) is 20.9 Å². The molecule has 0 bridgehead atoms. The Morgan fingerprint density at radius 1 is 1.11 bits per heavy atom. The molecule has 3 heterocycles. The SMILES string of the molecule is CC.Cc1cnc2c(C#N)cc(Cc3cc(C(=O)NCc4cc5c(C)c[nH]c5cc4F)ccn3)cc2c1. The normalized spacial score (nSPS) is 10.6. The molecule has 0 saturated heterocycles. The van der Waals surface area contributed by atoms with Crippen LogP contribution in [0.25, 0.3) is 21.8 Å². The number of nitriles is 1. The van der Waals surface area contributed by atoms with Gasteiger partial charge in [-0.3, -0.25) is 14.8 Å². The lowest BCUT2D eigenvalue weighted by atomic mass is 10.0. The van der Waals surface area contributed by atoms with Gasteiger partial charge in [0.1, 0.15) is 11.9 Å². The summed E-state index contributed by atoms with van der Waals surface area (Å²) >= 11 is 0. The Balaban J connectivity index is 0.00000156. The number of rotatable bonds is 5. The number of amides is 1. The van der Waals surface area contributed by atoms with Gasteiger partial charge in [0.25, 0.3) is 5.91 Å². The van der Waals surface area contributed by atoms with Crippen molar-refractivity contribution in [3.63, 3.8) is 0 Å². The zero-order valence-corrected chi connectivity index (χ0v) is 21.3. The molecule has 3 aromatic heterocycles. The van der Waals surface area contributed by atoms with Gasteiger partial charge in [-0.1, -0.05) is 13.8 Å². The maximum Gasteiger partial charge on any atom is 0.251 e.